The number of nitrogen functional groups attached to an aromatic ring is 1. The molecule has 0 aliphatic heterocycles. The van der Waals surface area contributed by atoms with Crippen molar-refractivity contribution in [2.45, 2.75) is 46.5 Å². The van der Waals surface area contributed by atoms with E-state index in [4.69, 9.17) is 5.84 Å². The Bertz CT molecular complexity index is 434. The molecule has 1 aliphatic carbocycles. The van der Waals surface area contributed by atoms with Crippen molar-refractivity contribution in [3.8, 4) is 0 Å². The molecule has 4 N–H and O–H groups in total. The molecule has 19 heavy (non-hydrogen) atoms. The highest BCUT2D eigenvalue weighted by atomic mass is 15.3. The normalized spacial score (nSPS) is 17.1. The SMILES string of the molecule is CC(CNc1cc(NN)nc(C2CC2)n1)C(C)(C)C. The second kappa shape index (κ2) is 5.33. The molecule has 1 atom stereocenters. The van der Waals surface area contributed by atoms with Crippen LogP contribution in [0.1, 0.15) is 52.3 Å². The Morgan fingerprint density at radius 2 is 1.95 bits per heavy atom. The predicted octanol–water partition coefficient (Wildman–Crippen LogP) is 2.73. The molecule has 5 nitrogen and oxygen atoms in total. The van der Waals surface area contributed by atoms with Gasteiger partial charge in [0.25, 0.3) is 0 Å². The highest BCUT2D eigenvalue weighted by molar-refractivity contribution is 5.47. The lowest BCUT2D eigenvalue weighted by Crippen LogP contribution is -2.25. The van der Waals surface area contributed by atoms with Crippen molar-refractivity contribution >= 4 is 11.6 Å². The number of anilines is 2. The van der Waals surface area contributed by atoms with Crippen molar-refractivity contribution in [3.05, 3.63) is 11.9 Å². The number of aromatic nitrogens is 2. The highest BCUT2D eigenvalue weighted by Gasteiger charge is 2.27. The minimum atomic E-state index is 0.286. The van der Waals surface area contributed by atoms with E-state index in [1.54, 1.807) is 0 Å². The van der Waals surface area contributed by atoms with Crippen molar-refractivity contribution in [1.29, 1.82) is 0 Å². The molecule has 1 fully saturated rings. The molecule has 1 aromatic heterocycles. The van der Waals surface area contributed by atoms with Gasteiger partial charge in [0.1, 0.15) is 17.5 Å². The average molecular weight is 263 g/mol. The zero-order valence-corrected chi connectivity index (χ0v) is 12.3. The molecular formula is C14H25N5. The van der Waals surface area contributed by atoms with E-state index in [1.165, 1.54) is 12.8 Å². The molecule has 1 aromatic rings. The summed E-state index contributed by atoms with van der Waals surface area (Å²) in [7, 11) is 0. The van der Waals surface area contributed by atoms with Crippen LogP contribution in [0.4, 0.5) is 11.6 Å². The first kappa shape index (κ1) is 14.1. The van der Waals surface area contributed by atoms with E-state index in [0.29, 0.717) is 17.7 Å². The van der Waals surface area contributed by atoms with Crippen LogP contribution in [0.15, 0.2) is 6.07 Å². The van der Waals surface area contributed by atoms with Gasteiger partial charge in [0.2, 0.25) is 0 Å². The summed E-state index contributed by atoms with van der Waals surface area (Å²) in [4.78, 5) is 8.98. The first-order chi connectivity index (χ1) is 8.90. The lowest BCUT2D eigenvalue weighted by Gasteiger charge is -2.27. The fourth-order valence-corrected chi connectivity index (χ4v) is 1.72. The van der Waals surface area contributed by atoms with Crippen LogP contribution >= 0.6 is 0 Å². The van der Waals surface area contributed by atoms with Crippen LogP contribution in [0.25, 0.3) is 0 Å². The molecule has 1 unspecified atom stereocenters. The van der Waals surface area contributed by atoms with E-state index in [-0.39, 0.29) is 5.41 Å². The van der Waals surface area contributed by atoms with Crippen molar-refractivity contribution < 1.29 is 0 Å². The van der Waals surface area contributed by atoms with Gasteiger partial charge in [-0.2, -0.15) is 0 Å². The van der Waals surface area contributed by atoms with Crippen LogP contribution in [0.3, 0.4) is 0 Å². The predicted molar refractivity (Wildman–Crippen MR) is 78.9 cm³/mol. The molecule has 1 aliphatic rings. The van der Waals surface area contributed by atoms with E-state index in [2.05, 4.69) is 48.4 Å². The van der Waals surface area contributed by atoms with E-state index < -0.39 is 0 Å². The molecule has 0 saturated heterocycles. The Balaban J connectivity index is 2.05. The maximum Gasteiger partial charge on any atom is 0.145 e. The molecule has 0 amide bonds. The summed E-state index contributed by atoms with van der Waals surface area (Å²) < 4.78 is 0. The minimum absolute atomic E-state index is 0.286. The lowest BCUT2D eigenvalue weighted by molar-refractivity contribution is 0.274. The number of nitrogens with zero attached hydrogens (tertiary/aromatic N) is 2. The second-order valence-electron chi connectivity index (χ2n) is 6.56. The minimum Gasteiger partial charge on any atom is -0.370 e. The summed E-state index contributed by atoms with van der Waals surface area (Å²) in [6.07, 6.45) is 2.37. The van der Waals surface area contributed by atoms with Crippen molar-refractivity contribution in [1.82, 2.24) is 9.97 Å². The van der Waals surface area contributed by atoms with E-state index in [9.17, 15) is 0 Å². The summed E-state index contributed by atoms with van der Waals surface area (Å²) >= 11 is 0. The summed E-state index contributed by atoms with van der Waals surface area (Å²) in [5.74, 6) is 8.99. The maximum absolute atomic E-state index is 5.47. The van der Waals surface area contributed by atoms with Gasteiger partial charge in [0, 0.05) is 18.5 Å². The summed E-state index contributed by atoms with van der Waals surface area (Å²) in [6, 6.07) is 1.86. The van der Waals surface area contributed by atoms with Crippen LogP contribution in [0.5, 0.6) is 0 Å². The molecule has 106 valence electrons. The van der Waals surface area contributed by atoms with Crippen LogP contribution in [-0.2, 0) is 0 Å². The quantitative estimate of drug-likeness (QED) is 0.562. The lowest BCUT2D eigenvalue weighted by atomic mass is 9.82. The van der Waals surface area contributed by atoms with Gasteiger partial charge >= 0.3 is 0 Å². The van der Waals surface area contributed by atoms with Gasteiger partial charge in [-0.1, -0.05) is 27.7 Å². The molecule has 1 saturated carbocycles. The molecule has 0 aromatic carbocycles. The van der Waals surface area contributed by atoms with Gasteiger partial charge in [-0.25, -0.2) is 15.8 Å². The summed E-state index contributed by atoms with van der Waals surface area (Å²) in [5, 5.41) is 3.40. The van der Waals surface area contributed by atoms with Gasteiger partial charge in [0.05, 0.1) is 0 Å². The topological polar surface area (TPSA) is 75.9 Å². The standard InChI is InChI=1S/C14H25N5/c1-9(14(2,3)4)8-16-11-7-12(19-15)18-13(17-11)10-5-6-10/h7,9-10H,5-6,8,15H2,1-4H3,(H2,16,17,18,19). The fraction of sp³-hybridized carbons (Fsp3) is 0.714. The van der Waals surface area contributed by atoms with Gasteiger partial charge < -0.3 is 10.7 Å². The summed E-state index contributed by atoms with van der Waals surface area (Å²) in [5.41, 5.74) is 2.90. The first-order valence-electron chi connectivity index (χ1n) is 6.99. The number of hydrogen-bond donors (Lipinski definition) is 3. The third-order valence-corrected chi connectivity index (χ3v) is 3.90. The van der Waals surface area contributed by atoms with Gasteiger partial charge in [0.15, 0.2) is 0 Å². The third-order valence-electron chi connectivity index (χ3n) is 3.90. The number of nitrogens with two attached hydrogens (primary N) is 1. The molecule has 0 bridgehead atoms. The zero-order chi connectivity index (χ0) is 14.0. The molecule has 0 spiro atoms. The summed E-state index contributed by atoms with van der Waals surface area (Å²) in [6.45, 7) is 9.90. The third kappa shape index (κ3) is 3.80. The van der Waals surface area contributed by atoms with Gasteiger partial charge in [-0.05, 0) is 24.2 Å². The highest BCUT2D eigenvalue weighted by Crippen LogP contribution is 2.38. The Hall–Kier alpha value is -1.36. The van der Waals surface area contributed by atoms with E-state index >= 15 is 0 Å². The van der Waals surface area contributed by atoms with Crippen molar-refractivity contribution in [3.63, 3.8) is 0 Å². The van der Waals surface area contributed by atoms with Crippen LogP contribution in [0, 0.1) is 11.3 Å². The number of hydrogen-bond acceptors (Lipinski definition) is 5. The van der Waals surface area contributed by atoms with E-state index in [1.807, 2.05) is 6.07 Å². The van der Waals surface area contributed by atoms with Crippen LogP contribution in [0.2, 0.25) is 0 Å². The van der Waals surface area contributed by atoms with Gasteiger partial charge in [-0.15, -0.1) is 0 Å². The van der Waals surface area contributed by atoms with Crippen LogP contribution in [-0.4, -0.2) is 16.5 Å². The number of hydrazine groups is 1. The van der Waals surface area contributed by atoms with E-state index in [0.717, 1.165) is 18.2 Å². The Morgan fingerprint density at radius 1 is 1.32 bits per heavy atom. The van der Waals surface area contributed by atoms with Crippen LogP contribution < -0.4 is 16.6 Å². The fourth-order valence-electron chi connectivity index (χ4n) is 1.72. The Labute approximate surface area is 115 Å². The monoisotopic (exact) mass is 263 g/mol. The van der Waals surface area contributed by atoms with Gasteiger partial charge in [-0.3, -0.25) is 0 Å². The second-order valence-corrected chi connectivity index (χ2v) is 6.56. The maximum atomic E-state index is 5.47. The molecule has 5 heteroatoms. The first-order valence-corrected chi connectivity index (χ1v) is 6.99. The molecular weight excluding hydrogens is 238 g/mol. The average Bonchev–Trinajstić information content (AvgIpc) is 3.18. The molecule has 0 radical (unpaired) electrons. The molecule has 1 heterocycles. The number of rotatable bonds is 5. The molecule has 2 rings (SSSR count). The zero-order valence-electron chi connectivity index (χ0n) is 12.3. The number of nitrogens with one attached hydrogen (secondary N) is 2. The Kier molecular flexibility index (Phi) is 3.94. The Morgan fingerprint density at radius 3 is 2.47 bits per heavy atom. The van der Waals surface area contributed by atoms with Crippen molar-refractivity contribution in [2.75, 3.05) is 17.3 Å². The smallest absolute Gasteiger partial charge is 0.145 e. The van der Waals surface area contributed by atoms with Crippen molar-refractivity contribution in [2.24, 2.45) is 17.2 Å². The largest absolute Gasteiger partial charge is 0.370 e.